The number of benzene rings is 1. The minimum Gasteiger partial charge on any atom is -0.548 e. The monoisotopic (exact) mass is 438 g/mol. The highest BCUT2D eigenvalue weighted by molar-refractivity contribution is 6.00. The van der Waals surface area contributed by atoms with E-state index in [9.17, 15) is 19.5 Å². The molecule has 4 rings (SSSR count). The number of nitrogens with one attached hydrogen (secondary N) is 1. The zero-order chi connectivity index (χ0) is 23.0. The molecule has 32 heavy (non-hydrogen) atoms. The maximum atomic E-state index is 12.7. The van der Waals surface area contributed by atoms with E-state index in [0.717, 1.165) is 58.9 Å². The van der Waals surface area contributed by atoms with Crippen LogP contribution in [0.1, 0.15) is 67.0 Å². The van der Waals surface area contributed by atoms with E-state index in [0.29, 0.717) is 24.0 Å². The van der Waals surface area contributed by atoms with Gasteiger partial charge in [-0.2, -0.15) is 0 Å². The second-order valence-corrected chi connectivity index (χ2v) is 8.69. The summed E-state index contributed by atoms with van der Waals surface area (Å²) in [4.78, 5) is 36.2. The van der Waals surface area contributed by atoms with Crippen LogP contribution in [0.5, 0.6) is 0 Å². The Balaban J connectivity index is 1.67. The molecule has 1 aromatic carbocycles. The first-order chi connectivity index (χ1) is 15.3. The number of hydrogen-bond donors (Lipinski definition) is 1. The molecule has 3 aromatic rings. The highest BCUT2D eigenvalue weighted by Gasteiger charge is 2.23. The number of carbonyl (C=O) groups is 2. The summed E-state index contributed by atoms with van der Waals surface area (Å²) in [5, 5.41) is 15.6. The Labute approximate surface area is 185 Å². The predicted molar refractivity (Wildman–Crippen MR) is 119 cm³/mol. The Morgan fingerprint density at radius 3 is 2.53 bits per heavy atom. The number of rotatable bonds is 7. The standard InChI is InChI=1S/C25H29NO6/c1-4-7-19(24(28)29)26-21(27)11-10-15-13(2)17-12-18-16-8-5-6-9-20(16)31-23(18)14(3)22(17)32-25(15)30/h12,19H,4-11H2,1-3H3,(H,26,27)(H,28,29)/p-1/t19-/m0/s1. The lowest BCUT2D eigenvalue weighted by atomic mass is 9.93. The summed E-state index contributed by atoms with van der Waals surface area (Å²) in [6.07, 6.45) is 5.22. The number of furan rings is 1. The van der Waals surface area contributed by atoms with Gasteiger partial charge in [-0.1, -0.05) is 13.3 Å². The average Bonchev–Trinajstić information content (AvgIpc) is 3.13. The summed E-state index contributed by atoms with van der Waals surface area (Å²) in [7, 11) is 0. The molecule has 0 unspecified atom stereocenters. The zero-order valence-electron chi connectivity index (χ0n) is 18.8. The van der Waals surface area contributed by atoms with E-state index in [1.807, 2.05) is 26.8 Å². The Hall–Kier alpha value is -3.09. The van der Waals surface area contributed by atoms with Gasteiger partial charge in [0.05, 0.1) is 12.0 Å². The van der Waals surface area contributed by atoms with Crippen LogP contribution in [0.15, 0.2) is 19.7 Å². The smallest absolute Gasteiger partial charge is 0.339 e. The number of aliphatic carboxylic acids is 1. The van der Waals surface area contributed by atoms with Crippen molar-refractivity contribution in [3.63, 3.8) is 0 Å². The number of carboxylic acids is 1. The first-order valence-corrected chi connectivity index (χ1v) is 11.3. The van der Waals surface area contributed by atoms with Crippen LogP contribution in [0.25, 0.3) is 21.9 Å². The van der Waals surface area contributed by atoms with Gasteiger partial charge in [-0.15, -0.1) is 0 Å². The van der Waals surface area contributed by atoms with Gasteiger partial charge in [0.25, 0.3) is 0 Å². The number of carboxylic acid groups (broad SMARTS) is 1. The fourth-order valence-electron chi connectivity index (χ4n) is 4.75. The maximum absolute atomic E-state index is 12.7. The molecule has 0 saturated carbocycles. The van der Waals surface area contributed by atoms with E-state index in [1.165, 1.54) is 5.56 Å². The van der Waals surface area contributed by atoms with Crippen molar-refractivity contribution >= 4 is 33.8 Å². The molecular formula is C25H28NO6-. The van der Waals surface area contributed by atoms with Crippen molar-refractivity contribution in [2.45, 2.75) is 78.2 Å². The van der Waals surface area contributed by atoms with Gasteiger partial charge in [0, 0.05) is 40.3 Å². The fourth-order valence-corrected chi connectivity index (χ4v) is 4.75. The Kier molecular flexibility index (Phi) is 6.09. The summed E-state index contributed by atoms with van der Waals surface area (Å²) in [5.74, 6) is -0.706. The molecule has 170 valence electrons. The third kappa shape index (κ3) is 3.92. The fraction of sp³-hybridized carbons (Fsp3) is 0.480. The van der Waals surface area contributed by atoms with Crippen molar-refractivity contribution in [1.82, 2.24) is 5.32 Å². The third-order valence-electron chi connectivity index (χ3n) is 6.52. The number of carbonyl (C=O) groups excluding carboxylic acids is 2. The van der Waals surface area contributed by atoms with Crippen LogP contribution < -0.4 is 16.0 Å². The summed E-state index contributed by atoms with van der Waals surface area (Å²) in [5.41, 5.74) is 4.09. The Morgan fingerprint density at radius 1 is 1.09 bits per heavy atom. The molecule has 7 nitrogen and oxygen atoms in total. The summed E-state index contributed by atoms with van der Waals surface area (Å²) >= 11 is 0. The van der Waals surface area contributed by atoms with Crippen molar-refractivity contribution in [3.8, 4) is 0 Å². The predicted octanol–water partition coefficient (Wildman–Crippen LogP) is 3.00. The number of aryl methyl sites for hydroxylation is 4. The molecule has 0 aliphatic heterocycles. The van der Waals surface area contributed by atoms with Crippen molar-refractivity contribution < 1.29 is 23.5 Å². The van der Waals surface area contributed by atoms with Crippen molar-refractivity contribution in [3.05, 3.63) is 44.5 Å². The van der Waals surface area contributed by atoms with Gasteiger partial charge in [0.2, 0.25) is 5.91 Å². The van der Waals surface area contributed by atoms with Crippen molar-refractivity contribution in [2.24, 2.45) is 0 Å². The van der Waals surface area contributed by atoms with Crippen LogP contribution in [0.3, 0.4) is 0 Å². The molecule has 0 bridgehead atoms. The van der Waals surface area contributed by atoms with Gasteiger partial charge in [0.15, 0.2) is 0 Å². The van der Waals surface area contributed by atoms with Gasteiger partial charge in [-0.05, 0) is 57.6 Å². The average molecular weight is 439 g/mol. The highest BCUT2D eigenvalue weighted by atomic mass is 16.4. The van der Waals surface area contributed by atoms with Crippen molar-refractivity contribution in [2.75, 3.05) is 0 Å². The molecule has 2 aromatic heterocycles. The molecule has 1 aliphatic rings. The molecule has 1 amide bonds. The van der Waals surface area contributed by atoms with Crippen LogP contribution >= 0.6 is 0 Å². The first kappa shape index (κ1) is 22.1. The number of amides is 1. The molecule has 7 heteroatoms. The normalized spacial score (nSPS) is 14.5. The van der Waals surface area contributed by atoms with Gasteiger partial charge < -0.3 is 24.1 Å². The Bertz CT molecular complexity index is 1270. The molecule has 1 aliphatic carbocycles. The third-order valence-corrected chi connectivity index (χ3v) is 6.52. The SMILES string of the molecule is CCC[C@H](NC(=O)CCc1c(C)c2cc3c4c(oc3c(C)c2oc1=O)CCCC4)C(=O)[O-]. The van der Waals surface area contributed by atoms with Crippen LogP contribution in [0, 0.1) is 13.8 Å². The lowest BCUT2D eigenvalue weighted by molar-refractivity contribution is -0.308. The van der Waals surface area contributed by atoms with E-state index in [2.05, 4.69) is 5.32 Å². The Morgan fingerprint density at radius 2 is 1.81 bits per heavy atom. The number of hydrogen-bond acceptors (Lipinski definition) is 6. The molecule has 0 saturated heterocycles. The molecule has 1 N–H and O–H groups in total. The zero-order valence-corrected chi connectivity index (χ0v) is 18.8. The van der Waals surface area contributed by atoms with Gasteiger partial charge >= 0.3 is 5.63 Å². The quantitative estimate of drug-likeness (QED) is 0.568. The van der Waals surface area contributed by atoms with E-state index in [1.54, 1.807) is 0 Å². The summed E-state index contributed by atoms with van der Waals surface area (Å²) < 4.78 is 11.8. The van der Waals surface area contributed by atoms with Crippen LogP contribution in [0.4, 0.5) is 0 Å². The van der Waals surface area contributed by atoms with Crippen LogP contribution in [0.2, 0.25) is 0 Å². The van der Waals surface area contributed by atoms with Crippen LogP contribution in [-0.2, 0) is 28.9 Å². The molecule has 2 heterocycles. The van der Waals surface area contributed by atoms with Gasteiger partial charge in [-0.25, -0.2) is 4.79 Å². The second kappa shape index (κ2) is 8.81. The second-order valence-electron chi connectivity index (χ2n) is 8.69. The lowest BCUT2D eigenvalue weighted by Crippen LogP contribution is -2.47. The van der Waals surface area contributed by atoms with E-state index in [4.69, 9.17) is 8.83 Å². The maximum Gasteiger partial charge on any atom is 0.339 e. The first-order valence-electron chi connectivity index (χ1n) is 11.3. The molecule has 1 atom stereocenters. The minimum absolute atomic E-state index is 0.00701. The molecule has 0 radical (unpaired) electrons. The summed E-state index contributed by atoms with van der Waals surface area (Å²) in [6.45, 7) is 5.61. The molecule has 0 spiro atoms. The lowest BCUT2D eigenvalue weighted by Gasteiger charge is -2.19. The van der Waals surface area contributed by atoms with E-state index < -0.39 is 23.5 Å². The van der Waals surface area contributed by atoms with Gasteiger partial charge in [0.1, 0.15) is 16.9 Å². The summed E-state index contributed by atoms with van der Waals surface area (Å²) in [6, 6.07) is 1.02. The molecular weight excluding hydrogens is 410 g/mol. The van der Waals surface area contributed by atoms with Gasteiger partial charge in [-0.3, -0.25) is 4.79 Å². The van der Waals surface area contributed by atoms with E-state index in [-0.39, 0.29) is 12.8 Å². The van der Waals surface area contributed by atoms with E-state index >= 15 is 0 Å². The van der Waals surface area contributed by atoms with Crippen LogP contribution in [-0.4, -0.2) is 17.9 Å². The molecule has 0 fully saturated rings. The number of fused-ring (bicyclic) bond motifs is 4. The van der Waals surface area contributed by atoms with Crippen molar-refractivity contribution in [1.29, 1.82) is 0 Å². The largest absolute Gasteiger partial charge is 0.548 e. The minimum atomic E-state index is -1.30. The highest BCUT2D eigenvalue weighted by Crippen LogP contribution is 2.37. The topological polar surface area (TPSA) is 113 Å².